The van der Waals surface area contributed by atoms with Gasteiger partial charge < -0.3 is 5.73 Å². The molecule has 0 aliphatic rings. The average molecular weight is 291 g/mol. The molecule has 0 aromatic heterocycles. The number of hydrogen-bond acceptors (Lipinski definition) is 2. The Labute approximate surface area is 112 Å². The standard InChI is InChI=1S/C12H13F4N3O/c1-5(2)7-3-6(10(20)19-11(17)18)4-8(9(7)13)12(14,15)16/h3-5H,1-2H3,(H4,17,18,19,20). The van der Waals surface area contributed by atoms with Crippen molar-refractivity contribution in [2.24, 2.45) is 5.73 Å². The maximum Gasteiger partial charge on any atom is 0.419 e. The molecule has 8 heteroatoms. The maximum absolute atomic E-state index is 13.8. The molecule has 0 radical (unpaired) electrons. The highest BCUT2D eigenvalue weighted by Gasteiger charge is 2.36. The van der Waals surface area contributed by atoms with E-state index in [0.717, 1.165) is 6.07 Å². The Kier molecular flexibility index (Phi) is 4.36. The molecule has 4 nitrogen and oxygen atoms in total. The minimum absolute atomic E-state index is 0.228. The summed E-state index contributed by atoms with van der Waals surface area (Å²) in [5.74, 6) is -3.64. The van der Waals surface area contributed by atoms with Gasteiger partial charge in [-0.15, -0.1) is 0 Å². The molecule has 0 atom stereocenters. The van der Waals surface area contributed by atoms with E-state index >= 15 is 0 Å². The molecule has 0 heterocycles. The van der Waals surface area contributed by atoms with Gasteiger partial charge in [0.2, 0.25) is 0 Å². The number of halogens is 4. The first-order valence-electron chi connectivity index (χ1n) is 5.60. The summed E-state index contributed by atoms with van der Waals surface area (Å²) < 4.78 is 52.1. The molecule has 1 amide bonds. The van der Waals surface area contributed by atoms with E-state index in [-0.39, 0.29) is 5.56 Å². The molecule has 1 aromatic carbocycles. The fourth-order valence-corrected chi connectivity index (χ4v) is 1.60. The molecule has 0 bridgehead atoms. The molecule has 4 N–H and O–H groups in total. The largest absolute Gasteiger partial charge is 0.419 e. The number of nitrogens with two attached hydrogens (primary N) is 1. The lowest BCUT2D eigenvalue weighted by Crippen LogP contribution is -2.36. The van der Waals surface area contributed by atoms with Gasteiger partial charge in [-0.25, -0.2) is 4.39 Å². The molecular formula is C12H13F4N3O. The van der Waals surface area contributed by atoms with Crippen molar-refractivity contribution >= 4 is 11.9 Å². The first-order valence-corrected chi connectivity index (χ1v) is 5.60. The Morgan fingerprint density at radius 2 is 1.90 bits per heavy atom. The summed E-state index contributed by atoms with van der Waals surface area (Å²) in [5.41, 5.74) is 2.79. The zero-order chi connectivity index (χ0) is 15.7. The second kappa shape index (κ2) is 5.48. The summed E-state index contributed by atoms with van der Waals surface area (Å²) in [4.78, 5) is 11.6. The fraction of sp³-hybridized carbons (Fsp3) is 0.333. The lowest BCUT2D eigenvalue weighted by Gasteiger charge is -2.15. The van der Waals surface area contributed by atoms with E-state index in [4.69, 9.17) is 11.1 Å². The van der Waals surface area contributed by atoms with Crippen molar-refractivity contribution < 1.29 is 22.4 Å². The lowest BCUT2D eigenvalue weighted by atomic mass is 9.96. The molecule has 0 unspecified atom stereocenters. The van der Waals surface area contributed by atoms with E-state index in [2.05, 4.69) is 0 Å². The Hall–Kier alpha value is -2.12. The highest BCUT2D eigenvalue weighted by Crippen LogP contribution is 2.35. The summed E-state index contributed by atoms with van der Waals surface area (Å²) in [6.07, 6.45) is -4.92. The van der Waals surface area contributed by atoms with E-state index in [1.807, 2.05) is 5.32 Å². The first-order chi connectivity index (χ1) is 9.04. The smallest absolute Gasteiger partial charge is 0.370 e. The fourth-order valence-electron chi connectivity index (χ4n) is 1.60. The number of carbonyl (C=O) groups is 1. The van der Waals surface area contributed by atoms with Gasteiger partial charge in [0, 0.05) is 5.56 Å². The predicted octanol–water partition coefficient (Wildman–Crippen LogP) is 2.59. The molecule has 0 spiro atoms. The van der Waals surface area contributed by atoms with Crippen LogP contribution in [0.3, 0.4) is 0 Å². The van der Waals surface area contributed by atoms with Crippen LogP contribution < -0.4 is 11.1 Å². The third-order valence-corrected chi connectivity index (χ3v) is 2.54. The van der Waals surface area contributed by atoms with Crippen LogP contribution in [0.15, 0.2) is 12.1 Å². The Bertz CT molecular complexity index is 552. The SMILES string of the molecule is CC(C)c1cc(C(=O)NC(=N)N)cc(C(F)(F)F)c1F. The zero-order valence-corrected chi connectivity index (χ0v) is 10.7. The molecule has 20 heavy (non-hydrogen) atoms. The van der Waals surface area contributed by atoms with Crippen LogP contribution in [-0.4, -0.2) is 11.9 Å². The molecule has 0 aliphatic carbocycles. The molecule has 0 fully saturated rings. The number of guanidine groups is 1. The number of hydrogen-bond donors (Lipinski definition) is 3. The number of nitrogens with one attached hydrogen (secondary N) is 2. The summed E-state index contributed by atoms with van der Waals surface area (Å²) in [7, 11) is 0. The van der Waals surface area contributed by atoms with Crippen molar-refractivity contribution in [3.8, 4) is 0 Å². The normalized spacial score (nSPS) is 11.6. The lowest BCUT2D eigenvalue weighted by molar-refractivity contribution is -0.140. The van der Waals surface area contributed by atoms with Crippen molar-refractivity contribution in [3.63, 3.8) is 0 Å². The van der Waals surface area contributed by atoms with Crippen molar-refractivity contribution in [2.75, 3.05) is 0 Å². The van der Waals surface area contributed by atoms with E-state index in [1.165, 1.54) is 13.8 Å². The molecule has 0 saturated carbocycles. The summed E-state index contributed by atoms with van der Waals surface area (Å²) in [6.45, 7) is 3.01. The third-order valence-electron chi connectivity index (χ3n) is 2.54. The van der Waals surface area contributed by atoms with Crippen molar-refractivity contribution in [3.05, 3.63) is 34.6 Å². The summed E-state index contributed by atoms with van der Waals surface area (Å²) >= 11 is 0. The van der Waals surface area contributed by atoms with Crippen LogP contribution in [0.1, 0.15) is 41.3 Å². The van der Waals surface area contributed by atoms with Crippen molar-refractivity contribution in [2.45, 2.75) is 25.9 Å². The third kappa shape index (κ3) is 3.46. The van der Waals surface area contributed by atoms with Gasteiger partial charge in [0.15, 0.2) is 5.96 Å². The average Bonchev–Trinajstić information content (AvgIpc) is 2.25. The Morgan fingerprint density at radius 3 is 2.30 bits per heavy atom. The van der Waals surface area contributed by atoms with Crippen LogP contribution in [0.25, 0.3) is 0 Å². The van der Waals surface area contributed by atoms with Gasteiger partial charge in [-0.3, -0.25) is 15.5 Å². The first kappa shape index (κ1) is 15.9. The van der Waals surface area contributed by atoms with Gasteiger partial charge in [-0.1, -0.05) is 13.8 Å². The van der Waals surface area contributed by atoms with Crippen LogP contribution in [0.2, 0.25) is 0 Å². The number of carbonyl (C=O) groups excluding carboxylic acids is 1. The Morgan fingerprint density at radius 1 is 1.35 bits per heavy atom. The van der Waals surface area contributed by atoms with Gasteiger partial charge in [-0.2, -0.15) is 13.2 Å². The predicted molar refractivity (Wildman–Crippen MR) is 64.9 cm³/mol. The maximum atomic E-state index is 13.8. The number of alkyl halides is 3. The number of amides is 1. The van der Waals surface area contributed by atoms with Gasteiger partial charge in [0.05, 0.1) is 5.56 Å². The second-order valence-corrected chi connectivity index (χ2v) is 4.45. The minimum atomic E-state index is -4.92. The summed E-state index contributed by atoms with van der Waals surface area (Å²) in [5, 5.41) is 8.74. The number of benzene rings is 1. The van der Waals surface area contributed by atoms with Gasteiger partial charge in [0.1, 0.15) is 5.82 Å². The van der Waals surface area contributed by atoms with Gasteiger partial charge in [0.25, 0.3) is 5.91 Å². The molecule has 1 rings (SSSR count). The Balaban J connectivity index is 3.44. The van der Waals surface area contributed by atoms with Crippen molar-refractivity contribution in [1.82, 2.24) is 5.32 Å². The molecule has 1 aromatic rings. The van der Waals surface area contributed by atoms with Crippen LogP contribution in [0, 0.1) is 11.2 Å². The molecule has 0 saturated heterocycles. The molecular weight excluding hydrogens is 278 g/mol. The topological polar surface area (TPSA) is 79.0 Å². The van der Waals surface area contributed by atoms with Crippen molar-refractivity contribution in [1.29, 1.82) is 5.41 Å². The second-order valence-electron chi connectivity index (χ2n) is 4.45. The number of rotatable bonds is 2. The van der Waals surface area contributed by atoms with E-state index in [9.17, 15) is 22.4 Å². The van der Waals surface area contributed by atoms with Gasteiger partial charge >= 0.3 is 6.18 Å². The van der Waals surface area contributed by atoms with Crippen LogP contribution in [0.5, 0.6) is 0 Å². The van der Waals surface area contributed by atoms with E-state index in [0.29, 0.717) is 6.07 Å². The zero-order valence-electron chi connectivity index (χ0n) is 10.7. The van der Waals surface area contributed by atoms with Crippen LogP contribution >= 0.6 is 0 Å². The highest BCUT2D eigenvalue weighted by atomic mass is 19.4. The molecule has 0 aliphatic heterocycles. The van der Waals surface area contributed by atoms with E-state index in [1.54, 1.807) is 0 Å². The van der Waals surface area contributed by atoms with E-state index < -0.39 is 40.9 Å². The highest BCUT2D eigenvalue weighted by molar-refractivity contribution is 6.04. The van der Waals surface area contributed by atoms with Crippen LogP contribution in [-0.2, 0) is 6.18 Å². The summed E-state index contributed by atoms with van der Waals surface area (Å²) in [6, 6.07) is 1.42. The van der Waals surface area contributed by atoms with Gasteiger partial charge in [-0.05, 0) is 23.6 Å². The molecule has 110 valence electrons. The minimum Gasteiger partial charge on any atom is -0.370 e. The monoisotopic (exact) mass is 291 g/mol. The quantitative estimate of drug-likeness (QED) is 0.445. The van der Waals surface area contributed by atoms with Crippen LogP contribution in [0.4, 0.5) is 17.6 Å².